The third-order valence-corrected chi connectivity index (χ3v) is 7.03. The number of pyridine rings is 1. The van der Waals surface area contributed by atoms with Gasteiger partial charge in [-0.05, 0) is 62.5 Å². The average Bonchev–Trinajstić information content (AvgIpc) is 2.84. The van der Waals surface area contributed by atoms with E-state index in [2.05, 4.69) is 4.98 Å². The topological polar surface area (TPSA) is 57.0 Å². The summed E-state index contributed by atoms with van der Waals surface area (Å²) in [6.45, 7) is 2.87. The van der Waals surface area contributed by atoms with E-state index in [1.807, 2.05) is 6.92 Å². The quantitative estimate of drug-likeness (QED) is 0.725. The Morgan fingerprint density at radius 1 is 1.21 bits per heavy atom. The largest absolute Gasteiger partial charge is 0.375 e. The van der Waals surface area contributed by atoms with Crippen molar-refractivity contribution < 1.29 is 13.9 Å². The van der Waals surface area contributed by atoms with E-state index in [0.29, 0.717) is 25.6 Å². The first-order chi connectivity index (χ1) is 13.6. The molecule has 0 saturated heterocycles. The molecule has 6 rings (SSSR count). The molecule has 5 nitrogen and oxygen atoms in total. The summed E-state index contributed by atoms with van der Waals surface area (Å²) in [5.74, 6) is 0.955. The Hall–Kier alpha value is -2.08. The zero-order chi connectivity index (χ0) is 19.3. The third kappa shape index (κ3) is 2.98. The lowest BCUT2D eigenvalue weighted by molar-refractivity contribution is 0.0702. The maximum absolute atomic E-state index is 13.6. The fourth-order valence-corrected chi connectivity index (χ4v) is 5.42. The Morgan fingerprint density at radius 2 is 2.00 bits per heavy atom. The summed E-state index contributed by atoms with van der Waals surface area (Å²) in [4.78, 5) is 17.4. The Kier molecular flexibility index (Phi) is 4.54. The van der Waals surface area contributed by atoms with E-state index in [1.165, 1.54) is 25.1 Å². The monoisotopic (exact) mass is 383 g/mol. The van der Waals surface area contributed by atoms with Gasteiger partial charge in [-0.3, -0.25) is 4.79 Å². The number of hydrogen-bond donors (Lipinski definition) is 0. The summed E-state index contributed by atoms with van der Waals surface area (Å²) in [5, 5.41) is 4.77. The molecule has 28 heavy (non-hydrogen) atoms. The number of fused-ring (bicyclic) bond motifs is 5. The highest BCUT2D eigenvalue weighted by atomic mass is 19.1. The summed E-state index contributed by atoms with van der Waals surface area (Å²) in [7, 11) is 0. The molecule has 0 radical (unpaired) electrons. The van der Waals surface area contributed by atoms with Gasteiger partial charge < -0.3 is 4.74 Å². The van der Waals surface area contributed by atoms with Gasteiger partial charge in [0.25, 0.3) is 5.91 Å². The van der Waals surface area contributed by atoms with Gasteiger partial charge in [-0.1, -0.05) is 12.8 Å². The molecule has 148 valence electrons. The molecule has 0 amide bonds. The van der Waals surface area contributed by atoms with E-state index in [9.17, 15) is 9.18 Å². The molecule has 3 aliphatic carbocycles. The van der Waals surface area contributed by atoms with Gasteiger partial charge in [0, 0.05) is 23.2 Å². The van der Waals surface area contributed by atoms with Crippen LogP contribution in [0.2, 0.25) is 0 Å². The molecular formula is C22H26FN3O2. The molecule has 3 saturated carbocycles. The molecule has 2 aromatic heterocycles. The number of carbonyl (C=O) groups is 1. The molecule has 6 heteroatoms. The van der Waals surface area contributed by atoms with Crippen molar-refractivity contribution in [2.75, 3.05) is 6.61 Å². The van der Waals surface area contributed by atoms with Crippen molar-refractivity contribution in [3.8, 4) is 11.3 Å². The normalized spacial score (nSPS) is 26.7. The molecule has 2 aromatic rings. The Labute approximate surface area is 164 Å². The van der Waals surface area contributed by atoms with Crippen LogP contribution in [0, 0.1) is 30.6 Å². The van der Waals surface area contributed by atoms with Crippen LogP contribution in [0.3, 0.4) is 0 Å². The van der Waals surface area contributed by atoms with Crippen LogP contribution in [0.5, 0.6) is 0 Å². The molecule has 0 aromatic carbocycles. The van der Waals surface area contributed by atoms with Gasteiger partial charge in [-0.25, -0.2) is 9.67 Å². The highest BCUT2D eigenvalue weighted by Gasteiger charge is 2.38. The standard InChI is InChI=1S/C22H26FN3O2/c1-13-10-20(23)24-11-18(13)21-17-8-9-28-12-19(17)26(25-21)22(27)16-7-4-14-2-5-15(16)6-3-14/h10-11,14-16H,2-9,12H2,1H3. The predicted molar refractivity (Wildman–Crippen MR) is 102 cm³/mol. The second-order valence-electron chi connectivity index (χ2n) is 8.61. The predicted octanol–water partition coefficient (Wildman–Crippen LogP) is 4.32. The lowest BCUT2D eigenvalue weighted by Crippen LogP contribution is -2.30. The van der Waals surface area contributed by atoms with Crippen molar-refractivity contribution >= 4 is 5.91 Å². The molecule has 0 N–H and O–H groups in total. The van der Waals surface area contributed by atoms with Crippen molar-refractivity contribution in [1.29, 1.82) is 0 Å². The number of carbonyl (C=O) groups excluding carboxylic acids is 1. The van der Waals surface area contributed by atoms with Crippen molar-refractivity contribution in [1.82, 2.24) is 14.8 Å². The van der Waals surface area contributed by atoms with Crippen LogP contribution in [0.25, 0.3) is 11.3 Å². The molecule has 2 bridgehead atoms. The summed E-state index contributed by atoms with van der Waals surface area (Å²) in [5.41, 5.74) is 4.26. The fourth-order valence-electron chi connectivity index (χ4n) is 5.42. The van der Waals surface area contributed by atoms with E-state index in [0.717, 1.165) is 59.7 Å². The SMILES string of the molecule is Cc1cc(F)ncc1-c1nn(C(=O)C2CCC3CCC2CC3)c2c1CCOC2. The average molecular weight is 383 g/mol. The minimum absolute atomic E-state index is 0.0544. The first kappa shape index (κ1) is 18.0. The van der Waals surface area contributed by atoms with Crippen LogP contribution < -0.4 is 0 Å². The summed E-state index contributed by atoms with van der Waals surface area (Å²) in [6.07, 6.45) is 9.22. The molecule has 4 aliphatic rings. The van der Waals surface area contributed by atoms with Crippen molar-refractivity contribution in [3.05, 3.63) is 35.0 Å². The van der Waals surface area contributed by atoms with E-state index < -0.39 is 5.95 Å². The van der Waals surface area contributed by atoms with Crippen molar-refractivity contribution in [3.63, 3.8) is 0 Å². The van der Waals surface area contributed by atoms with E-state index in [4.69, 9.17) is 9.84 Å². The Balaban J connectivity index is 1.56. The van der Waals surface area contributed by atoms with Gasteiger partial charge in [0.15, 0.2) is 0 Å². The van der Waals surface area contributed by atoms with Crippen LogP contribution in [0.15, 0.2) is 12.3 Å². The summed E-state index contributed by atoms with van der Waals surface area (Å²) >= 11 is 0. The second kappa shape index (κ2) is 7.07. The number of aromatic nitrogens is 3. The van der Waals surface area contributed by atoms with Gasteiger partial charge in [0.2, 0.25) is 5.95 Å². The molecule has 1 aliphatic heterocycles. The number of halogens is 1. The third-order valence-electron chi connectivity index (χ3n) is 7.03. The van der Waals surface area contributed by atoms with Crippen LogP contribution in [-0.2, 0) is 17.8 Å². The Morgan fingerprint density at radius 3 is 2.79 bits per heavy atom. The van der Waals surface area contributed by atoms with E-state index >= 15 is 0 Å². The van der Waals surface area contributed by atoms with Gasteiger partial charge >= 0.3 is 0 Å². The van der Waals surface area contributed by atoms with Crippen LogP contribution >= 0.6 is 0 Å². The van der Waals surface area contributed by atoms with Gasteiger partial charge in [0.1, 0.15) is 0 Å². The lowest BCUT2D eigenvalue weighted by Gasteiger charge is -2.27. The molecular weight excluding hydrogens is 357 g/mol. The number of hydrogen-bond acceptors (Lipinski definition) is 4. The first-order valence-corrected chi connectivity index (χ1v) is 10.5. The maximum Gasteiger partial charge on any atom is 0.250 e. The number of nitrogens with zero attached hydrogens (tertiary/aromatic N) is 3. The second-order valence-corrected chi connectivity index (χ2v) is 8.61. The summed E-state index contributed by atoms with van der Waals surface area (Å²) in [6, 6.07) is 1.42. The van der Waals surface area contributed by atoms with Crippen LogP contribution in [0.4, 0.5) is 4.39 Å². The van der Waals surface area contributed by atoms with Gasteiger partial charge in [-0.2, -0.15) is 9.49 Å². The molecule has 1 atom stereocenters. The van der Waals surface area contributed by atoms with E-state index in [1.54, 1.807) is 4.68 Å². The number of rotatable bonds is 2. The molecule has 3 fully saturated rings. The smallest absolute Gasteiger partial charge is 0.250 e. The highest BCUT2D eigenvalue weighted by Crippen LogP contribution is 2.43. The van der Waals surface area contributed by atoms with Crippen molar-refractivity contribution in [2.24, 2.45) is 17.8 Å². The first-order valence-electron chi connectivity index (χ1n) is 10.5. The fraction of sp³-hybridized carbons (Fsp3) is 0.591. The zero-order valence-electron chi connectivity index (χ0n) is 16.3. The Bertz CT molecular complexity index is 915. The highest BCUT2D eigenvalue weighted by molar-refractivity contribution is 5.83. The minimum Gasteiger partial charge on any atom is -0.375 e. The lowest BCUT2D eigenvalue weighted by atomic mass is 9.80. The van der Waals surface area contributed by atoms with Gasteiger partial charge in [0.05, 0.1) is 24.6 Å². The molecule has 0 spiro atoms. The number of ether oxygens (including phenoxy) is 1. The minimum atomic E-state index is -0.497. The van der Waals surface area contributed by atoms with Gasteiger partial charge in [-0.15, -0.1) is 0 Å². The van der Waals surface area contributed by atoms with Crippen LogP contribution in [-0.4, -0.2) is 27.3 Å². The zero-order valence-corrected chi connectivity index (χ0v) is 16.3. The maximum atomic E-state index is 13.6. The van der Waals surface area contributed by atoms with E-state index in [-0.39, 0.29) is 11.8 Å². The van der Waals surface area contributed by atoms with Crippen LogP contribution in [0.1, 0.15) is 60.1 Å². The number of aryl methyl sites for hydroxylation is 1. The molecule has 3 heterocycles. The summed E-state index contributed by atoms with van der Waals surface area (Å²) < 4.78 is 20.8. The van der Waals surface area contributed by atoms with Crippen molar-refractivity contribution in [2.45, 2.75) is 58.5 Å². The molecule has 1 unspecified atom stereocenters.